The quantitative estimate of drug-likeness (QED) is 0.805. The molecule has 156 valence electrons. The number of ether oxygens (including phenoxy) is 2. The predicted octanol–water partition coefficient (Wildman–Crippen LogP) is 1.77. The lowest BCUT2D eigenvalue weighted by Gasteiger charge is -2.26. The number of hydrogen-bond donors (Lipinski definition) is 1. The van der Waals surface area contributed by atoms with Gasteiger partial charge in [-0.15, -0.1) is 0 Å². The monoisotopic (exact) mass is 404 g/mol. The van der Waals surface area contributed by atoms with Crippen molar-refractivity contribution in [3.63, 3.8) is 0 Å². The number of fused-ring (bicyclic) bond motifs is 1. The van der Waals surface area contributed by atoms with Crippen molar-refractivity contribution in [2.24, 2.45) is 11.3 Å². The minimum Gasteiger partial charge on any atom is -0.475 e. The van der Waals surface area contributed by atoms with Gasteiger partial charge in [0.2, 0.25) is 5.91 Å². The summed E-state index contributed by atoms with van der Waals surface area (Å²) in [6.07, 6.45) is -2.98. The first-order valence-electron chi connectivity index (χ1n) is 8.81. The van der Waals surface area contributed by atoms with Crippen LogP contribution in [0, 0.1) is 11.3 Å². The van der Waals surface area contributed by atoms with Crippen molar-refractivity contribution in [3.8, 4) is 0 Å². The highest BCUT2D eigenvalue weighted by Gasteiger charge is 2.51. The topological polar surface area (TPSA) is 89.0 Å². The van der Waals surface area contributed by atoms with E-state index in [1.807, 2.05) is 30.0 Å². The second kappa shape index (κ2) is 9.33. The van der Waals surface area contributed by atoms with Gasteiger partial charge < -0.3 is 19.5 Å². The van der Waals surface area contributed by atoms with Crippen LogP contribution in [0.2, 0.25) is 0 Å². The SMILES string of the molecule is CCOC[C@]12COC[C@H]1CN(C(=O)Cc1ccccn1)C2.O=C(O)C(F)(F)F. The summed E-state index contributed by atoms with van der Waals surface area (Å²) in [5.74, 6) is -2.21. The third kappa shape index (κ3) is 5.65. The zero-order chi connectivity index (χ0) is 20.8. The Hall–Kier alpha value is -2.20. The van der Waals surface area contributed by atoms with Gasteiger partial charge in [-0.05, 0) is 19.1 Å². The van der Waals surface area contributed by atoms with Crippen molar-refractivity contribution < 1.29 is 37.3 Å². The van der Waals surface area contributed by atoms with Gasteiger partial charge in [-0.2, -0.15) is 13.2 Å². The lowest BCUT2D eigenvalue weighted by atomic mass is 9.82. The molecule has 1 aromatic heterocycles. The van der Waals surface area contributed by atoms with E-state index in [1.165, 1.54) is 0 Å². The molecular weight excluding hydrogens is 381 g/mol. The van der Waals surface area contributed by atoms with Crippen LogP contribution in [0.5, 0.6) is 0 Å². The molecule has 1 amide bonds. The molecular formula is C18H23F3N2O5. The van der Waals surface area contributed by atoms with E-state index in [0.29, 0.717) is 32.2 Å². The van der Waals surface area contributed by atoms with Crippen LogP contribution >= 0.6 is 0 Å². The van der Waals surface area contributed by atoms with E-state index in [2.05, 4.69) is 4.98 Å². The van der Waals surface area contributed by atoms with Gasteiger partial charge in [-0.25, -0.2) is 4.79 Å². The van der Waals surface area contributed by atoms with Gasteiger partial charge in [0, 0.05) is 42.9 Å². The second-order valence-corrected chi connectivity index (χ2v) is 6.79. The largest absolute Gasteiger partial charge is 0.490 e. The number of nitrogens with zero attached hydrogens (tertiary/aromatic N) is 2. The van der Waals surface area contributed by atoms with Gasteiger partial charge >= 0.3 is 12.1 Å². The number of aromatic nitrogens is 1. The molecule has 2 atom stereocenters. The molecule has 0 radical (unpaired) electrons. The van der Waals surface area contributed by atoms with Crippen molar-refractivity contribution in [2.75, 3.05) is 39.5 Å². The molecule has 1 N–H and O–H groups in total. The Balaban J connectivity index is 0.000000345. The zero-order valence-corrected chi connectivity index (χ0v) is 15.4. The molecule has 0 bridgehead atoms. The van der Waals surface area contributed by atoms with Crippen LogP contribution in [0.1, 0.15) is 12.6 Å². The third-order valence-electron chi connectivity index (χ3n) is 4.77. The van der Waals surface area contributed by atoms with E-state index < -0.39 is 12.1 Å². The maximum atomic E-state index is 12.5. The van der Waals surface area contributed by atoms with E-state index in [1.54, 1.807) is 6.20 Å². The number of carboxylic acid groups (broad SMARTS) is 1. The fourth-order valence-corrected chi connectivity index (χ4v) is 3.30. The van der Waals surface area contributed by atoms with Crippen LogP contribution in [0.25, 0.3) is 0 Å². The molecule has 1 aromatic rings. The lowest BCUT2D eigenvalue weighted by Crippen LogP contribution is -2.37. The third-order valence-corrected chi connectivity index (χ3v) is 4.77. The minimum absolute atomic E-state index is 0.00418. The number of carboxylic acids is 1. The van der Waals surface area contributed by atoms with E-state index >= 15 is 0 Å². The number of halogens is 3. The molecule has 0 aliphatic carbocycles. The summed E-state index contributed by atoms with van der Waals surface area (Å²) in [6, 6.07) is 5.68. The van der Waals surface area contributed by atoms with Gasteiger partial charge in [0.15, 0.2) is 0 Å². The maximum Gasteiger partial charge on any atom is 0.490 e. The average molecular weight is 404 g/mol. The molecule has 0 spiro atoms. The second-order valence-electron chi connectivity index (χ2n) is 6.79. The Labute approximate surface area is 160 Å². The molecule has 2 aliphatic heterocycles. The summed E-state index contributed by atoms with van der Waals surface area (Å²) in [7, 11) is 0. The number of carbonyl (C=O) groups excluding carboxylic acids is 1. The summed E-state index contributed by atoms with van der Waals surface area (Å²) in [6.45, 7) is 6.34. The molecule has 2 saturated heterocycles. The molecule has 3 rings (SSSR count). The highest BCUT2D eigenvalue weighted by atomic mass is 19.4. The molecule has 3 heterocycles. The summed E-state index contributed by atoms with van der Waals surface area (Å²) < 4.78 is 43.0. The number of pyridine rings is 1. The number of rotatable bonds is 5. The smallest absolute Gasteiger partial charge is 0.475 e. The fourth-order valence-electron chi connectivity index (χ4n) is 3.30. The number of aliphatic carboxylic acids is 1. The first kappa shape index (κ1) is 22.1. The summed E-state index contributed by atoms with van der Waals surface area (Å²) in [4.78, 5) is 27.6. The summed E-state index contributed by atoms with van der Waals surface area (Å²) >= 11 is 0. The van der Waals surface area contributed by atoms with Crippen LogP contribution in [0.15, 0.2) is 24.4 Å². The summed E-state index contributed by atoms with van der Waals surface area (Å²) in [5.41, 5.74) is 0.824. The molecule has 10 heteroatoms. The molecule has 0 saturated carbocycles. The van der Waals surface area contributed by atoms with Gasteiger partial charge in [-0.3, -0.25) is 9.78 Å². The van der Waals surface area contributed by atoms with E-state index in [0.717, 1.165) is 25.4 Å². The summed E-state index contributed by atoms with van der Waals surface area (Å²) in [5, 5.41) is 7.12. The Morgan fingerprint density at radius 1 is 1.43 bits per heavy atom. The van der Waals surface area contributed by atoms with E-state index in [4.69, 9.17) is 19.4 Å². The Morgan fingerprint density at radius 3 is 2.71 bits per heavy atom. The van der Waals surface area contributed by atoms with Gasteiger partial charge in [-0.1, -0.05) is 6.07 Å². The number of amides is 1. The van der Waals surface area contributed by atoms with Gasteiger partial charge in [0.1, 0.15) is 0 Å². The van der Waals surface area contributed by atoms with Crippen molar-refractivity contribution in [2.45, 2.75) is 19.5 Å². The first-order chi connectivity index (χ1) is 13.2. The molecule has 2 aliphatic rings. The van der Waals surface area contributed by atoms with Crippen LogP contribution in [-0.4, -0.2) is 72.6 Å². The minimum atomic E-state index is -5.08. The normalized spacial score (nSPS) is 23.7. The van der Waals surface area contributed by atoms with Crippen LogP contribution in [0.4, 0.5) is 13.2 Å². The lowest BCUT2D eigenvalue weighted by molar-refractivity contribution is -0.192. The molecule has 0 unspecified atom stereocenters. The van der Waals surface area contributed by atoms with Crippen molar-refractivity contribution in [1.29, 1.82) is 0 Å². The van der Waals surface area contributed by atoms with Gasteiger partial charge in [0.25, 0.3) is 0 Å². The number of hydrogen-bond acceptors (Lipinski definition) is 5. The van der Waals surface area contributed by atoms with Crippen LogP contribution in [0.3, 0.4) is 0 Å². The number of likely N-dealkylation sites (tertiary alicyclic amines) is 1. The molecule has 2 fully saturated rings. The predicted molar refractivity (Wildman–Crippen MR) is 91.4 cm³/mol. The molecule has 28 heavy (non-hydrogen) atoms. The van der Waals surface area contributed by atoms with Crippen LogP contribution < -0.4 is 0 Å². The van der Waals surface area contributed by atoms with Gasteiger partial charge in [0.05, 0.1) is 26.2 Å². The van der Waals surface area contributed by atoms with Crippen molar-refractivity contribution >= 4 is 11.9 Å². The first-order valence-corrected chi connectivity index (χ1v) is 8.81. The highest BCUT2D eigenvalue weighted by molar-refractivity contribution is 5.78. The number of alkyl halides is 3. The average Bonchev–Trinajstić information content (AvgIpc) is 3.18. The Bertz CT molecular complexity index is 671. The molecule has 0 aromatic carbocycles. The highest BCUT2D eigenvalue weighted by Crippen LogP contribution is 2.41. The molecule has 7 nitrogen and oxygen atoms in total. The van der Waals surface area contributed by atoms with Crippen molar-refractivity contribution in [1.82, 2.24) is 9.88 Å². The fraction of sp³-hybridized carbons (Fsp3) is 0.611. The van der Waals surface area contributed by atoms with Crippen molar-refractivity contribution in [3.05, 3.63) is 30.1 Å². The maximum absolute atomic E-state index is 12.5. The Kier molecular flexibility index (Phi) is 7.36. The number of carbonyl (C=O) groups is 2. The Morgan fingerprint density at radius 2 is 2.14 bits per heavy atom. The van der Waals surface area contributed by atoms with E-state index in [9.17, 15) is 18.0 Å². The standard InChI is InChI=1S/C16H22N2O3.C2HF3O2/c1-2-20-11-16-10-18(8-13(16)9-21-12-16)15(19)7-14-5-3-4-6-17-14;3-2(4,5)1(6)7/h3-6,13H,2,7-12H2,1H3;(H,6,7)/t13-,16-;/m1./s1. The zero-order valence-electron chi connectivity index (χ0n) is 15.4. The van der Waals surface area contributed by atoms with E-state index in [-0.39, 0.29) is 11.3 Å². The van der Waals surface area contributed by atoms with Crippen LogP contribution in [-0.2, 0) is 25.5 Å².